The van der Waals surface area contributed by atoms with Gasteiger partial charge in [0.1, 0.15) is 5.69 Å². The van der Waals surface area contributed by atoms with E-state index in [2.05, 4.69) is 41.8 Å². The smallest absolute Gasteiger partial charge is 0.187 e. The molecule has 0 radical (unpaired) electrons. The SMILES string of the molecule is CC(C)n1ncc(Br)c1C(=O)C1(C)CCCCC1. The van der Waals surface area contributed by atoms with Crippen LogP contribution in [0.5, 0.6) is 0 Å². The van der Waals surface area contributed by atoms with Crippen LogP contribution in [0.1, 0.15) is 69.4 Å². The minimum atomic E-state index is -0.201. The third kappa shape index (κ3) is 2.40. The van der Waals surface area contributed by atoms with Gasteiger partial charge in [0, 0.05) is 11.5 Å². The monoisotopic (exact) mass is 312 g/mol. The molecule has 1 aliphatic carbocycles. The van der Waals surface area contributed by atoms with Gasteiger partial charge >= 0.3 is 0 Å². The van der Waals surface area contributed by atoms with Gasteiger partial charge in [-0.2, -0.15) is 5.10 Å². The maximum atomic E-state index is 12.8. The molecule has 18 heavy (non-hydrogen) atoms. The molecule has 0 amide bonds. The van der Waals surface area contributed by atoms with E-state index < -0.39 is 0 Å². The third-order valence-electron chi connectivity index (χ3n) is 3.96. The molecule has 2 rings (SSSR count). The van der Waals surface area contributed by atoms with Gasteiger partial charge in [-0.05, 0) is 42.6 Å². The van der Waals surface area contributed by atoms with Crippen LogP contribution in [0.4, 0.5) is 0 Å². The number of aromatic nitrogens is 2. The molecule has 1 aromatic heterocycles. The largest absolute Gasteiger partial charge is 0.292 e. The topological polar surface area (TPSA) is 34.9 Å². The van der Waals surface area contributed by atoms with Crippen LogP contribution < -0.4 is 0 Å². The van der Waals surface area contributed by atoms with E-state index in [4.69, 9.17) is 0 Å². The van der Waals surface area contributed by atoms with Crippen LogP contribution in [0.15, 0.2) is 10.7 Å². The fraction of sp³-hybridized carbons (Fsp3) is 0.714. The van der Waals surface area contributed by atoms with Gasteiger partial charge in [0.05, 0.1) is 10.7 Å². The first-order valence-electron chi connectivity index (χ1n) is 6.73. The number of hydrogen-bond acceptors (Lipinski definition) is 2. The van der Waals surface area contributed by atoms with Gasteiger partial charge in [0.25, 0.3) is 0 Å². The molecule has 0 aliphatic heterocycles. The van der Waals surface area contributed by atoms with Gasteiger partial charge in [0.2, 0.25) is 0 Å². The average Bonchev–Trinajstić information content (AvgIpc) is 2.71. The van der Waals surface area contributed by atoms with Crippen molar-refractivity contribution in [2.45, 2.75) is 58.9 Å². The highest BCUT2D eigenvalue weighted by Gasteiger charge is 2.38. The highest BCUT2D eigenvalue weighted by Crippen LogP contribution is 2.40. The van der Waals surface area contributed by atoms with E-state index in [1.54, 1.807) is 6.20 Å². The van der Waals surface area contributed by atoms with Gasteiger partial charge in [-0.25, -0.2) is 0 Å². The molecular weight excluding hydrogens is 292 g/mol. The van der Waals surface area contributed by atoms with E-state index in [9.17, 15) is 4.79 Å². The first kappa shape index (κ1) is 13.8. The number of rotatable bonds is 3. The molecule has 0 aromatic carbocycles. The highest BCUT2D eigenvalue weighted by molar-refractivity contribution is 9.10. The predicted molar refractivity (Wildman–Crippen MR) is 75.8 cm³/mol. The number of ketones is 1. The first-order chi connectivity index (χ1) is 8.46. The minimum Gasteiger partial charge on any atom is -0.292 e. The Bertz CT molecular complexity index is 445. The molecule has 1 aliphatic rings. The van der Waals surface area contributed by atoms with Crippen molar-refractivity contribution in [3.05, 3.63) is 16.4 Å². The van der Waals surface area contributed by atoms with Crippen LogP contribution in [0, 0.1) is 5.41 Å². The van der Waals surface area contributed by atoms with Crippen LogP contribution in [-0.4, -0.2) is 15.6 Å². The first-order valence-corrected chi connectivity index (χ1v) is 7.53. The summed E-state index contributed by atoms with van der Waals surface area (Å²) in [6, 6.07) is 0.211. The summed E-state index contributed by atoms with van der Waals surface area (Å²) < 4.78 is 2.67. The van der Waals surface area contributed by atoms with Crippen LogP contribution in [0.2, 0.25) is 0 Å². The summed E-state index contributed by atoms with van der Waals surface area (Å²) in [6.07, 6.45) is 7.32. The van der Waals surface area contributed by atoms with Gasteiger partial charge in [-0.1, -0.05) is 26.2 Å². The molecule has 0 N–H and O–H groups in total. The standard InChI is InChI=1S/C14H21BrN2O/c1-10(2)17-12(11(15)9-16-17)13(18)14(3)7-5-4-6-8-14/h9-10H,4-8H2,1-3H3. The highest BCUT2D eigenvalue weighted by atomic mass is 79.9. The lowest BCUT2D eigenvalue weighted by Crippen LogP contribution is -2.32. The maximum absolute atomic E-state index is 12.8. The van der Waals surface area contributed by atoms with Crippen LogP contribution in [0.3, 0.4) is 0 Å². The lowest BCUT2D eigenvalue weighted by atomic mass is 9.72. The Kier molecular flexibility index (Phi) is 3.95. The van der Waals surface area contributed by atoms with E-state index in [1.165, 1.54) is 6.42 Å². The molecule has 0 bridgehead atoms. The van der Waals surface area contributed by atoms with Crippen molar-refractivity contribution in [3.8, 4) is 0 Å². The van der Waals surface area contributed by atoms with E-state index in [0.717, 1.165) is 35.8 Å². The quantitative estimate of drug-likeness (QED) is 0.776. The van der Waals surface area contributed by atoms with Gasteiger partial charge < -0.3 is 0 Å². The Morgan fingerprint density at radius 3 is 2.56 bits per heavy atom. The summed E-state index contributed by atoms with van der Waals surface area (Å²) in [5.74, 6) is 0.250. The molecule has 0 atom stereocenters. The van der Waals surface area contributed by atoms with E-state index in [0.29, 0.717) is 0 Å². The zero-order valence-electron chi connectivity index (χ0n) is 11.4. The second-order valence-electron chi connectivity index (χ2n) is 5.83. The molecule has 0 unspecified atom stereocenters. The Balaban J connectivity index is 2.36. The van der Waals surface area contributed by atoms with Crippen molar-refractivity contribution in [3.63, 3.8) is 0 Å². The molecular formula is C14H21BrN2O. The van der Waals surface area contributed by atoms with Gasteiger partial charge in [-0.3, -0.25) is 9.48 Å². The molecule has 1 saturated carbocycles. The van der Waals surface area contributed by atoms with Crippen molar-refractivity contribution >= 4 is 21.7 Å². The van der Waals surface area contributed by atoms with Crippen LogP contribution in [-0.2, 0) is 0 Å². The fourth-order valence-electron chi connectivity index (χ4n) is 2.79. The van der Waals surface area contributed by atoms with Crippen LogP contribution in [0.25, 0.3) is 0 Å². The molecule has 100 valence electrons. The van der Waals surface area contributed by atoms with Crippen molar-refractivity contribution in [1.29, 1.82) is 0 Å². The zero-order valence-corrected chi connectivity index (χ0v) is 13.0. The predicted octanol–water partition coefficient (Wildman–Crippen LogP) is 4.38. The molecule has 0 saturated heterocycles. The molecule has 4 heteroatoms. The lowest BCUT2D eigenvalue weighted by Gasteiger charge is -2.32. The minimum absolute atomic E-state index is 0.201. The van der Waals surface area contributed by atoms with Crippen molar-refractivity contribution in [2.75, 3.05) is 0 Å². The van der Waals surface area contributed by atoms with Crippen molar-refractivity contribution < 1.29 is 4.79 Å². The molecule has 1 heterocycles. The van der Waals surface area contributed by atoms with E-state index in [1.807, 2.05) is 4.68 Å². The number of carbonyl (C=O) groups excluding carboxylic acids is 1. The summed E-state index contributed by atoms with van der Waals surface area (Å²) in [7, 11) is 0. The Morgan fingerprint density at radius 1 is 1.39 bits per heavy atom. The number of halogens is 1. The van der Waals surface area contributed by atoms with Crippen molar-refractivity contribution in [2.24, 2.45) is 5.41 Å². The zero-order chi connectivity index (χ0) is 13.3. The Labute approximate surface area is 117 Å². The molecule has 0 spiro atoms. The normalized spacial score (nSPS) is 19.2. The number of Topliss-reactive ketones (excluding diaryl/α,β-unsaturated/α-hetero) is 1. The Morgan fingerprint density at radius 2 is 2.00 bits per heavy atom. The summed E-state index contributed by atoms with van der Waals surface area (Å²) in [6.45, 7) is 6.22. The molecule has 3 nitrogen and oxygen atoms in total. The summed E-state index contributed by atoms with van der Waals surface area (Å²) in [4.78, 5) is 12.8. The second-order valence-corrected chi connectivity index (χ2v) is 6.68. The van der Waals surface area contributed by atoms with E-state index in [-0.39, 0.29) is 17.2 Å². The molecule has 1 aromatic rings. The number of carbonyl (C=O) groups is 1. The summed E-state index contributed by atoms with van der Waals surface area (Å²) in [5, 5.41) is 4.31. The number of nitrogens with zero attached hydrogens (tertiary/aromatic N) is 2. The summed E-state index contributed by atoms with van der Waals surface area (Å²) in [5.41, 5.74) is 0.544. The van der Waals surface area contributed by atoms with Gasteiger partial charge in [-0.15, -0.1) is 0 Å². The van der Waals surface area contributed by atoms with Gasteiger partial charge in [0.15, 0.2) is 5.78 Å². The molecule has 1 fully saturated rings. The van der Waals surface area contributed by atoms with Crippen LogP contribution >= 0.6 is 15.9 Å². The van der Waals surface area contributed by atoms with E-state index >= 15 is 0 Å². The van der Waals surface area contributed by atoms with Crippen molar-refractivity contribution in [1.82, 2.24) is 9.78 Å². The average molecular weight is 313 g/mol. The summed E-state index contributed by atoms with van der Waals surface area (Å²) >= 11 is 3.47. The lowest BCUT2D eigenvalue weighted by molar-refractivity contribution is 0.0734. The number of hydrogen-bond donors (Lipinski definition) is 0. The Hall–Kier alpha value is -0.640. The fourth-order valence-corrected chi connectivity index (χ4v) is 3.24. The maximum Gasteiger partial charge on any atom is 0.187 e. The second kappa shape index (κ2) is 5.16. The third-order valence-corrected chi connectivity index (χ3v) is 4.54.